The van der Waals surface area contributed by atoms with E-state index in [0.29, 0.717) is 18.4 Å². The number of benzene rings is 1. The minimum atomic E-state index is -0.194. The Bertz CT molecular complexity index is 765. The van der Waals surface area contributed by atoms with E-state index in [4.69, 9.17) is 0 Å². The third-order valence-corrected chi connectivity index (χ3v) is 5.78. The van der Waals surface area contributed by atoms with Gasteiger partial charge in [-0.25, -0.2) is 4.39 Å². The van der Waals surface area contributed by atoms with E-state index in [1.54, 1.807) is 6.20 Å². The van der Waals surface area contributed by atoms with Gasteiger partial charge in [0.05, 0.1) is 0 Å². The number of aryl methyl sites for hydroxylation is 1. The van der Waals surface area contributed by atoms with Crippen molar-refractivity contribution in [2.75, 3.05) is 19.6 Å². The lowest BCUT2D eigenvalue weighted by atomic mass is 9.94. The first-order valence-corrected chi connectivity index (χ1v) is 9.82. The summed E-state index contributed by atoms with van der Waals surface area (Å²) in [5.41, 5.74) is 2.25. The van der Waals surface area contributed by atoms with Gasteiger partial charge in [-0.3, -0.25) is 14.7 Å². The number of hydrogen-bond donors (Lipinski definition) is 0. The van der Waals surface area contributed by atoms with Gasteiger partial charge in [0.2, 0.25) is 5.91 Å². The Hall–Kier alpha value is -2.27. The summed E-state index contributed by atoms with van der Waals surface area (Å²) in [6.07, 6.45) is 7.17. The topological polar surface area (TPSA) is 36.4 Å². The lowest BCUT2D eigenvalue weighted by molar-refractivity contribution is -0.135. The third-order valence-electron chi connectivity index (χ3n) is 5.78. The van der Waals surface area contributed by atoms with Crippen LogP contribution in [0.1, 0.15) is 30.4 Å². The highest BCUT2D eigenvalue weighted by Gasteiger charge is 2.36. The van der Waals surface area contributed by atoms with Gasteiger partial charge in [-0.2, -0.15) is 0 Å². The Morgan fingerprint density at radius 3 is 2.70 bits per heavy atom. The van der Waals surface area contributed by atoms with E-state index in [-0.39, 0.29) is 11.7 Å². The number of carbonyl (C=O) groups excluding carboxylic acids is 1. The average Bonchev–Trinajstić information content (AvgIpc) is 2.99. The largest absolute Gasteiger partial charge is 0.338 e. The molecule has 3 fully saturated rings. The minimum absolute atomic E-state index is 0.194. The molecular weight excluding hydrogens is 341 g/mol. The standard InChI is InChI=1S/C22H26FN3O/c23-20-7-3-18(4-8-20)13-25-14-19-5-9-21(16-25)26(15-19)22(27)10-6-17-2-1-11-24-12-17/h1-4,7-8,11-12,19,21H,5-6,9-10,13-16H2/t19-,21+/m0/s1. The molecule has 2 aromatic rings. The summed E-state index contributed by atoms with van der Waals surface area (Å²) >= 11 is 0. The molecule has 3 saturated heterocycles. The molecule has 0 aliphatic carbocycles. The molecule has 2 atom stereocenters. The van der Waals surface area contributed by atoms with Crippen LogP contribution in [-0.4, -0.2) is 46.4 Å². The van der Waals surface area contributed by atoms with Gasteiger partial charge in [-0.1, -0.05) is 18.2 Å². The Balaban J connectivity index is 1.37. The number of piperidine rings is 1. The van der Waals surface area contributed by atoms with Crippen molar-refractivity contribution < 1.29 is 9.18 Å². The first kappa shape index (κ1) is 18.1. The van der Waals surface area contributed by atoms with Crippen LogP contribution in [-0.2, 0) is 17.8 Å². The first-order chi connectivity index (χ1) is 13.2. The van der Waals surface area contributed by atoms with Crippen molar-refractivity contribution in [1.29, 1.82) is 0 Å². The molecular formula is C22H26FN3O. The number of hydrogen-bond acceptors (Lipinski definition) is 3. The summed E-state index contributed by atoms with van der Waals surface area (Å²) in [6, 6.07) is 11.0. The fraction of sp³-hybridized carbons (Fsp3) is 0.455. The number of amides is 1. The van der Waals surface area contributed by atoms with E-state index in [0.717, 1.165) is 50.1 Å². The molecule has 1 aromatic heterocycles. The second-order valence-electron chi connectivity index (χ2n) is 7.83. The highest BCUT2D eigenvalue weighted by Crippen LogP contribution is 2.29. The van der Waals surface area contributed by atoms with Crippen molar-refractivity contribution in [3.63, 3.8) is 0 Å². The molecule has 1 aromatic carbocycles. The Kier molecular flexibility index (Phi) is 5.48. The number of pyridine rings is 1. The van der Waals surface area contributed by atoms with Crippen LogP contribution in [0, 0.1) is 11.7 Å². The zero-order chi connectivity index (χ0) is 18.6. The van der Waals surface area contributed by atoms with Gasteiger partial charge in [0, 0.05) is 51.0 Å². The quantitative estimate of drug-likeness (QED) is 0.814. The molecule has 4 nitrogen and oxygen atoms in total. The van der Waals surface area contributed by atoms with Crippen LogP contribution in [0.15, 0.2) is 48.8 Å². The second-order valence-corrected chi connectivity index (χ2v) is 7.83. The van der Waals surface area contributed by atoms with Gasteiger partial charge in [0.25, 0.3) is 0 Å². The molecule has 1 amide bonds. The lowest BCUT2D eigenvalue weighted by Gasteiger charge is -2.36. The number of halogens is 1. The van der Waals surface area contributed by atoms with Crippen molar-refractivity contribution in [1.82, 2.24) is 14.8 Å². The van der Waals surface area contributed by atoms with Crippen LogP contribution in [0.2, 0.25) is 0 Å². The van der Waals surface area contributed by atoms with Crippen LogP contribution >= 0.6 is 0 Å². The zero-order valence-electron chi connectivity index (χ0n) is 15.6. The fourth-order valence-corrected chi connectivity index (χ4v) is 4.40. The zero-order valence-corrected chi connectivity index (χ0v) is 15.6. The predicted molar refractivity (Wildman–Crippen MR) is 102 cm³/mol. The highest BCUT2D eigenvalue weighted by molar-refractivity contribution is 5.77. The monoisotopic (exact) mass is 367 g/mol. The molecule has 5 rings (SSSR count). The van der Waals surface area contributed by atoms with Gasteiger partial charge < -0.3 is 4.90 Å². The molecule has 5 heteroatoms. The molecule has 4 heterocycles. The van der Waals surface area contributed by atoms with Crippen LogP contribution in [0.4, 0.5) is 4.39 Å². The highest BCUT2D eigenvalue weighted by atomic mass is 19.1. The van der Waals surface area contributed by atoms with Crippen molar-refractivity contribution in [3.05, 3.63) is 65.7 Å². The van der Waals surface area contributed by atoms with Gasteiger partial charge in [-0.05, 0) is 54.5 Å². The van der Waals surface area contributed by atoms with Gasteiger partial charge in [0.1, 0.15) is 5.82 Å². The summed E-state index contributed by atoms with van der Waals surface area (Å²) < 4.78 is 13.1. The molecule has 2 bridgehead atoms. The summed E-state index contributed by atoms with van der Waals surface area (Å²) in [5, 5.41) is 0. The molecule has 0 radical (unpaired) electrons. The lowest BCUT2D eigenvalue weighted by Crippen LogP contribution is -2.47. The number of nitrogens with zero attached hydrogens (tertiary/aromatic N) is 3. The van der Waals surface area contributed by atoms with E-state index in [1.807, 2.05) is 30.5 Å². The maximum atomic E-state index is 13.1. The number of fused-ring (bicyclic) bond motifs is 4. The normalized spacial score (nSPS) is 22.6. The SMILES string of the molecule is O=C(CCc1cccnc1)N1C[C@H]2CC[C@@H]1CN(Cc1ccc(F)cc1)C2. The Morgan fingerprint density at radius 1 is 1.07 bits per heavy atom. The maximum Gasteiger partial charge on any atom is 0.223 e. The summed E-state index contributed by atoms with van der Waals surface area (Å²) in [7, 11) is 0. The number of carbonyl (C=O) groups is 1. The molecule has 0 unspecified atom stereocenters. The molecule has 27 heavy (non-hydrogen) atoms. The molecule has 3 aliphatic heterocycles. The van der Waals surface area contributed by atoms with Crippen LogP contribution < -0.4 is 0 Å². The van der Waals surface area contributed by atoms with E-state index in [9.17, 15) is 9.18 Å². The van der Waals surface area contributed by atoms with Crippen LogP contribution in [0.5, 0.6) is 0 Å². The minimum Gasteiger partial charge on any atom is -0.338 e. The fourth-order valence-electron chi connectivity index (χ4n) is 4.40. The molecule has 3 aliphatic rings. The van der Waals surface area contributed by atoms with E-state index >= 15 is 0 Å². The van der Waals surface area contributed by atoms with Gasteiger partial charge in [0.15, 0.2) is 0 Å². The summed E-state index contributed by atoms with van der Waals surface area (Å²) in [6.45, 7) is 3.62. The van der Waals surface area contributed by atoms with Crippen molar-refractivity contribution in [2.45, 2.75) is 38.3 Å². The predicted octanol–water partition coefficient (Wildman–Crippen LogP) is 3.28. The molecule has 0 spiro atoms. The Morgan fingerprint density at radius 2 is 1.93 bits per heavy atom. The van der Waals surface area contributed by atoms with Crippen molar-refractivity contribution >= 4 is 5.91 Å². The smallest absolute Gasteiger partial charge is 0.223 e. The number of rotatable bonds is 5. The van der Waals surface area contributed by atoms with Crippen LogP contribution in [0.3, 0.4) is 0 Å². The summed E-state index contributed by atoms with van der Waals surface area (Å²) in [5.74, 6) is 0.601. The summed E-state index contributed by atoms with van der Waals surface area (Å²) in [4.78, 5) is 21.5. The average molecular weight is 367 g/mol. The van der Waals surface area contributed by atoms with Gasteiger partial charge in [-0.15, -0.1) is 0 Å². The van der Waals surface area contributed by atoms with E-state index in [2.05, 4.69) is 14.8 Å². The van der Waals surface area contributed by atoms with E-state index < -0.39 is 0 Å². The first-order valence-electron chi connectivity index (χ1n) is 9.82. The molecule has 142 valence electrons. The second kappa shape index (κ2) is 8.17. The van der Waals surface area contributed by atoms with Crippen molar-refractivity contribution in [2.24, 2.45) is 5.92 Å². The maximum absolute atomic E-state index is 13.1. The molecule has 0 saturated carbocycles. The van der Waals surface area contributed by atoms with Crippen LogP contribution in [0.25, 0.3) is 0 Å². The molecule has 0 N–H and O–H groups in total. The number of aromatic nitrogens is 1. The van der Waals surface area contributed by atoms with E-state index in [1.165, 1.54) is 18.6 Å². The van der Waals surface area contributed by atoms with Gasteiger partial charge >= 0.3 is 0 Å². The van der Waals surface area contributed by atoms with Crippen molar-refractivity contribution in [3.8, 4) is 0 Å². The Labute approximate surface area is 160 Å². The third kappa shape index (κ3) is 4.53.